The first kappa shape index (κ1) is 27.1. The van der Waals surface area contributed by atoms with Gasteiger partial charge in [-0.1, -0.05) is 54.1 Å². The molecule has 0 radical (unpaired) electrons. The number of hydrogen-bond donors (Lipinski definition) is 2. The topological polar surface area (TPSA) is 94.7 Å². The molecule has 2 aliphatic rings. The molecule has 8 nitrogen and oxygen atoms in total. The lowest BCUT2D eigenvalue weighted by Crippen LogP contribution is -2.44. The zero-order chi connectivity index (χ0) is 28.7. The lowest BCUT2D eigenvalue weighted by molar-refractivity contribution is -0.120. The number of imide groups is 1. The van der Waals surface area contributed by atoms with Crippen LogP contribution in [0, 0.1) is 0 Å². The Kier molecular flexibility index (Phi) is 7.28. The Morgan fingerprint density at radius 2 is 1.85 bits per heavy atom. The van der Waals surface area contributed by atoms with Gasteiger partial charge >= 0.3 is 6.03 Å². The van der Waals surface area contributed by atoms with E-state index in [2.05, 4.69) is 10.3 Å². The first-order valence-corrected chi connectivity index (χ1v) is 14.2. The number of amides is 4. The summed E-state index contributed by atoms with van der Waals surface area (Å²) in [5, 5.41) is 4.46. The number of halogens is 1. The number of carbonyl (C=O) groups excluding carboxylic acids is 3. The molecule has 1 fully saturated rings. The second-order valence-corrected chi connectivity index (χ2v) is 11.1. The smallest absolute Gasteiger partial charge is 0.332 e. The monoisotopic (exact) mass is 570 g/mol. The van der Waals surface area contributed by atoms with Gasteiger partial charge in [0.05, 0.1) is 17.4 Å². The van der Waals surface area contributed by atoms with Crippen molar-refractivity contribution in [3.63, 3.8) is 0 Å². The summed E-state index contributed by atoms with van der Waals surface area (Å²) >= 11 is 6.39. The van der Waals surface area contributed by atoms with Gasteiger partial charge in [-0.15, -0.1) is 0 Å². The molecule has 4 amide bonds. The van der Waals surface area contributed by atoms with Crippen molar-refractivity contribution in [1.82, 2.24) is 15.2 Å². The third-order valence-corrected chi connectivity index (χ3v) is 7.90. The van der Waals surface area contributed by atoms with E-state index in [0.29, 0.717) is 31.0 Å². The summed E-state index contributed by atoms with van der Waals surface area (Å²) < 4.78 is 5.55. The number of nitrogens with one attached hydrogen (secondary N) is 2. The minimum Gasteiger partial charge on any atom is -0.379 e. The number of anilines is 1. The van der Waals surface area contributed by atoms with E-state index >= 15 is 0 Å². The number of benzene rings is 3. The summed E-state index contributed by atoms with van der Waals surface area (Å²) in [6.45, 7) is 4.86. The van der Waals surface area contributed by atoms with Gasteiger partial charge in [0.2, 0.25) is 0 Å². The average Bonchev–Trinajstić information content (AvgIpc) is 3.45. The van der Waals surface area contributed by atoms with Crippen LogP contribution >= 0.6 is 11.6 Å². The largest absolute Gasteiger partial charge is 0.379 e. The number of urea groups is 1. The summed E-state index contributed by atoms with van der Waals surface area (Å²) in [6, 6.07) is 20.3. The average molecular weight is 571 g/mol. The van der Waals surface area contributed by atoms with E-state index in [-0.39, 0.29) is 29.2 Å². The molecule has 2 N–H and O–H groups in total. The fourth-order valence-corrected chi connectivity index (χ4v) is 6.07. The SMILES string of the molecule is CC(C)OCCCNC(=O)c1ccccc1N1C(=O)[C@@H]2Cc3c([nH]c4ccccc34)[C@@H](c3cccc(Cl)c3)N2C1=O. The lowest BCUT2D eigenvalue weighted by Gasteiger charge is -2.36. The predicted molar refractivity (Wildman–Crippen MR) is 158 cm³/mol. The molecule has 6 rings (SSSR count). The van der Waals surface area contributed by atoms with Crippen LogP contribution in [-0.4, -0.2) is 53.0 Å². The van der Waals surface area contributed by atoms with Crippen molar-refractivity contribution in [3.05, 3.63) is 100 Å². The van der Waals surface area contributed by atoms with Gasteiger partial charge in [-0.2, -0.15) is 0 Å². The number of para-hydroxylation sites is 2. The summed E-state index contributed by atoms with van der Waals surface area (Å²) in [4.78, 5) is 47.8. The van der Waals surface area contributed by atoms with Gasteiger partial charge in [0.1, 0.15) is 12.1 Å². The lowest BCUT2D eigenvalue weighted by atomic mass is 9.89. The molecule has 210 valence electrons. The standard InChI is InChI=1S/C32H31ClN4O4/c1-19(2)41-16-8-15-34-30(38)23-12-4-6-14-26(23)37-31(39)27-18-24-22-11-3-5-13-25(22)35-28(24)29(36(27)32(37)40)20-9-7-10-21(33)17-20/h3-7,9-14,17,19,27,29,35H,8,15-16,18H2,1-2H3,(H,34,38)/t27-,29+/m0/s1. The Balaban J connectivity index is 1.36. The van der Waals surface area contributed by atoms with E-state index in [1.54, 1.807) is 35.2 Å². The van der Waals surface area contributed by atoms with E-state index in [0.717, 1.165) is 32.6 Å². The van der Waals surface area contributed by atoms with E-state index in [9.17, 15) is 14.4 Å². The number of fused-ring (bicyclic) bond motifs is 4. The molecule has 1 saturated heterocycles. The second kappa shape index (κ2) is 11.0. The normalized spacial score (nSPS) is 18.2. The van der Waals surface area contributed by atoms with Crippen LogP contribution in [0.15, 0.2) is 72.8 Å². The van der Waals surface area contributed by atoms with Crippen LogP contribution in [0.1, 0.15) is 53.5 Å². The van der Waals surface area contributed by atoms with Crippen molar-refractivity contribution in [1.29, 1.82) is 0 Å². The van der Waals surface area contributed by atoms with Gasteiger partial charge in [-0.3, -0.25) is 14.5 Å². The summed E-state index contributed by atoms with van der Waals surface area (Å²) in [6.07, 6.45) is 1.13. The molecule has 2 aliphatic heterocycles. The summed E-state index contributed by atoms with van der Waals surface area (Å²) in [5.41, 5.74) is 4.15. The van der Waals surface area contributed by atoms with Crippen molar-refractivity contribution in [2.75, 3.05) is 18.1 Å². The number of rotatable bonds is 8. The zero-order valence-corrected chi connectivity index (χ0v) is 23.6. The van der Waals surface area contributed by atoms with Crippen molar-refractivity contribution in [3.8, 4) is 0 Å². The maximum atomic E-state index is 14.2. The number of hydrogen-bond acceptors (Lipinski definition) is 4. The highest BCUT2D eigenvalue weighted by Gasteiger charge is 2.53. The molecule has 9 heteroatoms. The molecule has 41 heavy (non-hydrogen) atoms. The van der Waals surface area contributed by atoms with Crippen molar-refractivity contribution in [2.24, 2.45) is 0 Å². The van der Waals surface area contributed by atoms with E-state index < -0.39 is 18.1 Å². The molecular weight excluding hydrogens is 540 g/mol. The third kappa shape index (κ3) is 4.87. The Labute approximate surface area is 243 Å². The van der Waals surface area contributed by atoms with Gasteiger partial charge in [0.15, 0.2) is 0 Å². The molecule has 1 aromatic heterocycles. The van der Waals surface area contributed by atoms with Crippen LogP contribution in [0.25, 0.3) is 10.9 Å². The van der Waals surface area contributed by atoms with Gasteiger partial charge in [-0.25, -0.2) is 9.69 Å². The Morgan fingerprint density at radius 3 is 2.66 bits per heavy atom. The minimum atomic E-state index is -0.734. The zero-order valence-electron chi connectivity index (χ0n) is 22.9. The van der Waals surface area contributed by atoms with Crippen LogP contribution in [0.4, 0.5) is 10.5 Å². The maximum absolute atomic E-state index is 14.2. The molecule has 0 unspecified atom stereocenters. The molecular formula is C32H31ClN4O4. The van der Waals surface area contributed by atoms with Crippen LogP contribution < -0.4 is 10.2 Å². The first-order chi connectivity index (χ1) is 19.8. The number of aromatic nitrogens is 1. The molecule has 0 aliphatic carbocycles. The fraction of sp³-hybridized carbons (Fsp3) is 0.281. The van der Waals surface area contributed by atoms with Crippen molar-refractivity contribution >= 4 is 46.0 Å². The highest BCUT2D eigenvalue weighted by molar-refractivity contribution is 6.30. The Bertz CT molecular complexity index is 1650. The fourth-order valence-electron chi connectivity index (χ4n) is 5.87. The van der Waals surface area contributed by atoms with Gasteiger partial charge < -0.3 is 15.0 Å². The van der Waals surface area contributed by atoms with E-state index in [1.165, 1.54) is 0 Å². The molecule has 2 atom stereocenters. The molecule has 0 saturated carbocycles. The van der Waals surface area contributed by atoms with Gasteiger partial charge in [-0.05, 0) is 61.7 Å². The Morgan fingerprint density at radius 1 is 1.07 bits per heavy atom. The summed E-state index contributed by atoms with van der Waals surface area (Å²) in [7, 11) is 0. The van der Waals surface area contributed by atoms with Crippen LogP contribution in [0.2, 0.25) is 5.02 Å². The highest BCUT2D eigenvalue weighted by atomic mass is 35.5. The number of aromatic amines is 1. The Hall–Kier alpha value is -4.14. The molecule has 3 aromatic carbocycles. The minimum absolute atomic E-state index is 0.118. The highest BCUT2D eigenvalue weighted by Crippen LogP contribution is 2.45. The maximum Gasteiger partial charge on any atom is 0.332 e. The van der Waals surface area contributed by atoms with Gasteiger partial charge in [0, 0.05) is 41.2 Å². The van der Waals surface area contributed by atoms with Crippen LogP contribution in [0.5, 0.6) is 0 Å². The molecule has 4 aromatic rings. The van der Waals surface area contributed by atoms with Crippen molar-refractivity contribution < 1.29 is 19.1 Å². The van der Waals surface area contributed by atoms with Gasteiger partial charge in [0.25, 0.3) is 11.8 Å². The third-order valence-electron chi connectivity index (χ3n) is 7.66. The van der Waals surface area contributed by atoms with E-state index in [4.69, 9.17) is 16.3 Å². The van der Waals surface area contributed by atoms with Crippen LogP contribution in [-0.2, 0) is 16.0 Å². The van der Waals surface area contributed by atoms with Crippen LogP contribution in [0.3, 0.4) is 0 Å². The quantitative estimate of drug-likeness (QED) is 0.205. The molecule has 3 heterocycles. The van der Waals surface area contributed by atoms with Crippen molar-refractivity contribution in [2.45, 2.75) is 44.9 Å². The number of H-pyrrole nitrogens is 1. The molecule has 0 spiro atoms. The number of ether oxygens (including phenoxy) is 1. The molecule has 0 bridgehead atoms. The second-order valence-electron chi connectivity index (χ2n) is 10.6. The number of carbonyl (C=O) groups is 3. The predicted octanol–water partition coefficient (Wildman–Crippen LogP) is 5.85. The van der Waals surface area contributed by atoms with E-state index in [1.807, 2.05) is 56.3 Å². The summed E-state index contributed by atoms with van der Waals surface area (Å²) in [5.74, 6) is -0.707. The first-order valence-electron chi connectivity index (χ1n) is 13.8. The number of nitrogens with zero attached hydrogens (tertiary/aromatic N) is 2.